The van der Waals surface area contributed by atoms with Crippen molar-refractivity contribution in [2.24, 2.45) is 5.73 Å². The Balaban J connectivity index is 2.99. The fourth-order valence-electron chi connectivity index (χ4n) is 1.67. The Labute approximate surface area is 105 Å². The number of unbranched alkanes of at least 4 members (excludes halogenated alkanes) is 8. The molecule has 0 amide bonds. The maximum absolute atomic E-state index is 5.67. The van der Waals surface area contributed by atoms with Crippen LogP contribution in [0.4, 0.5) is 0 Å². The normalized spacial score (nSPS) is 12.0. The molecule has 92 valence electrons. The maximum Gasteiger partial charge on any atom is 0.166 e. The van der Waals surface area contributed by atoms with Gasteiger partial charge in [-0.05, 0) is 12.8 Å². The van der Waals surface area contributed by atoms with Crippen LogP contribution in [0.1, 0.15) is 71.1 Å². The lowest BCUT2D eigenvalue weighted by molar-refractivity contribution is 0.546. The Bertz CT molecular complexity index is 132. The monoisotopic (exact) mass is 253 g/mol. The second-order valence-electron chi connectivity index (χ2n) is 4.34. The van der Waals surface area contributed by atoms with E-state index in [0.29, 0.717) is 6.42 Å². The van der Waals surface area contributed by atoms with Gasteiger partial charge >= 0.3 is 0 Å². The van der Waals surface area contributed by atoms with Gasteiger partial charge in [-0.25, -0.2) is 0 Å². The molecule has 3 heteroatoms. The van der Waals surface area contributed by atoms with E-state index >= 15 is 0 Å². The summed E-state index contributed by atoms with van der Waals surface area (Å²) in [6.07, 6.45) is 12.4. The summed E-state index contributed by atoms with van der Waals surface area (Å²) in [5.74, 6) is 0. The van der Waals surface area contributed by atoms with E-state index in [4.69, 9.17) is 28.9 Å². The highest BCUT2D eigenvalue weighted by Gasteiger charge is 2.15. The fourth-order valence-corrected chi connectivity index (χ4v) is 1.94. The van der Waals surface area contributed by atoms with Crippen LogP contribution < -0.4 is 5.73 Å². The third-order valence-corrected chi connectivity index (χ3v) is 2.99. The molecule has 0 fully saturated rings. The lowest BCUT2D eigenvalue weighted by Crippen LogP contribution is -2.24. The minimum Gasteiger partial charge on any atom is -0.300 e. The van der Waals surface area contributed by atoms with Crippen LogP contribution in [0.2, 0.25) is 0 Å². The Morgan fingerprint density at radius 3 is 1.60 bits per heavy atom. The van der Waals surface area contributed by atoms with E-state index in [-0.39, 0.29) is 0 Å². The molecule has 0 bridgehead atoms. The summed E-state index contributed by atoms with van der Waals surface area (Å²) in [5, 5.41) is 0. The zero-order chi connectivity index (χ0) is 11.6. The first-order valence-electron chi connectivity index (χ1n) is 6.23. The van der Waals surface area contributed by atoms with Gasteiger partial charge in [-0.1, -0.05) is 81.5 Å². The van der Waals surface area contributed by atoms with Crippen molar-refractivity contribution in [3.8, 4) is 0 Å². The van der Waals surface area contributed by atoms with E-state index in [2.05, 4.69) is 6.92 Å². The molecule has 0 aliphatic heterocycles. The van der Waals surface area contributed by atoms with E-state index in [1.165, 1.54) is 51.4 Å². The zero-order valence-corrected chi connectivity index (χ0v) is 11.4. The average Bonchev–Trinajstić information content (AvgIpc) is 2.14. The Morgan fingerprint density at radius 1 is 0.800 bits per heavy atom. The van der Waals surface area contributed by atoms with Crippen molar-refractivity contribution in [3.05, 3.63) is 0 Å². The van der Waals surface area contributed by atoms with Crippen molar-refractivity contribution < 1.29 is 0 Å². The molecule has 0 rings (SSSR count). The molecule has 0 aliphatic rings. The van der Waals surface area contributed by atoms with Gasteiger partial charge in [0.05, 0.1) is 0 Å². The second-order valence-corrected chi connectivity index (χ2v) is 5.88. The fraction of sp³-hybridized carbons (Fsp3) is 1.00. The van der Waals surface area contributed by atoms with Crippen molar-refractivity contribution in [2.75, 3.05) is 0 Å². The van der Waals surface area contributed by atoms with Crippen molar-refractivity contribution >= 4 is 23.2 Å². The van der Waals surface area contributed by atoms with Gasteiger partial charge in [0.1, 0.15) is 0 Å². The van der Waals surface area contributed by atoms with Gasteiger partial charge in [-0.15, -0.1) is 0 Å². The van der Waals surface area contributed by atoms with Crippen molar-refractivity contribution in [3.63, 3.8) is 0 Å². The number of hydrogen-bond acceptors (Lipinski definition) is 1. The summed E-state index contributed by atoms with van der Waals surface area (Å²) in [6, 6.07) is 0. The van der Waals surface area contributed by atoms with Gasteiger partial charge in [0, 0.05) is 0 Å². The largest absolute Gasteiger partial charge is 0.300 e. The third kappa shape index (κ3) is 14.5. The molecule has 0 aromatic rings. The van der Waals surface area contributed by atoms with E-state index in [0.717, 1.165) is 6.42 Å². The molecule has 0 heterocycles. The van der Waals surface area contributed by atoms with Gasteiger partial charge in [0.2, 0.25) is 0 Å². The standard InChI is InChI=1S/C12H25Cl2N/c1-2-3-4-5-6-7-8-9-10-11-12(13,14)15/h2-11,15H2,1H3. The summed E-state index contributed by atoms with van der Waals surface area (Å²) in [5.41, 5.74) is 5.46. The van der Waals surface area contributed by atoms with Crippen molar-refractivity contribution in [1.82, 2.24) is 0 Å². The van der Waals surface area contributed by atoms with Crippen LogP contribution in [0.5, 0.6) is 0 Å². The van der Waals surface area contributed by atoms with Crippen LogP contribution in [0.15, 0.2) is 0 Å². The van der Waals surface area contributed by atoms with Crippen LogP contribution >= 0.6 is 23.2 Å². The van der Waals surface area contributed by atoms with Gasteiger partial charge in [-0.2, -0.15) is 0 Å². The summed E-state index contributed by atoms with van der Waals surface area (Å²) in [7, 11) is 0. The molecule has 0 radical (unpaired) electrons. The average molecular weight is 254 g/mol. The molecule has 1 nitrogen and oxygen atoms in total. The second kappa shape index (κ2) is 9.74. The number of halogens is 2. The third-order valence-electron chi connectivity index (χ3n) is 2.61. The summed E-state index contributed by atoms with van der Waals surface area (Å²) in [6.45, 7) is 2.25. The summed E-state index contributed by atoms with van der Waals surface area (Å²) in [4.78, 5) is 0. The first kappa shape index (κ1) is 15.5. The van der Waals surface area contributed by atoms with E-state index in [1.54, 1.807) is 0 Å². The van der Waals surface area contributed by atoms with Crippen molar-refractivity contribution in [2.45, 2.75) is 75.6 Å². The highest BCUT2D eigenvalue weighted by Crippen LogP contribution is 2.21. The predicted octanol–water partition coefficient (Wildman–Crippen LogP) is 5.00. The minimum atomic E-state index is -1.01. The van der Waals surface area contributed by atoms with Crippen molar-refractivity contribution in [1.29, 1.82) is 0 Å². The van der Waals surface area contributed by atoms with Crippen LogP contribution in [0.3, 0.4) is 0 Å². The molecule has 0 unspecified atom stereocenters. The molecule has 0 spiro atoms. The molecule has 2 N–H and O–H groups in total. The first-order chi connectivity index (χ1) is 7.06. The predicted molar refractivity (Wildman–Crippen MR) is 70.5 cm³/mol. The Morgan fingerprint density at radius 2 is 1.20 bits per heavy atom. The summed E-state index contributed by atoms with van der Waals surface area (Å²) >= 11 is 11.3. The molecule has 15 heavy (non-hydrogen) atoms. The molecule has 0 aliphatic carbocycles. The number of nitrogens with two attached hydrogens (primary N) is 1. The highest BCUT2D eigenvalue weighted by molar-refractivity contribution is 6.47. The van der Waals surface area contributed by atoms with Gasteiger partial charge in [0.15, 0.2) is 4.46 Å². The lowest BCUT2D eigenvalue weighted by atomic mass is 10.1. The van der Waals surface area contributed by atoms with E-state index in [1.807, 2.05) is 0 Å². The van der Waals surface area contributed by atoms with Crippen LogP contribution in [0.25, 0.3) is 0 Å². The minimum absolute atomic E-state index is 0.700. The maximum atomic E-state index is 5.67. The lowest BCUT2D eigenvalue weighted by Gasteiger charge is -2.12. The number of alkyl halides is 2. The highest BCUT2D eigenvalue weighted by atomic mass is 35.5. The molecule has 0 atom stereocenters. The number of hydrogen-bond donors (Lipinski definition) is 1. The quantitative estimate of drug-likeness (QED) is 0.331. The molecular weight excluding hydrogens is 229 g/mol. The molecule has 0 aromatic carbocycles. The van der Waals surface area contributed by atoms with Gasteiger partial charge in [-0.3, -0.25) is 0 Å². The van der Waals surface area contributed by atoms with Crippen LogP contribution in [0, 0.1) is 0 Å². The molecular formula is C12H25Cl2N. The molecule has 0 saturated heterocycles. The molecule has 0 aromatic heterocycles. The van der Waals surface area contributed by atoms with Crippen LogP contribution in [-0.4, -0.2) is 4.46 Å². The number of rotatable bonds is 10. The topological polar surface area (TPSA) is 26.0 Å². The zero-order valence-electron chi connectivity index (χ0n) is 9.90. The SMILES string of the molecule is CCCCCCCCCCCC(N)(Cl)Cl. The Hall–Kier alpha value is 0.540. The van der Waals surface area contributed by atoms with Gasteiger partial charge < -0.3 is 5.73 Å². The van der Waals surface area contributed by atoms with E-state index in [9.17, 15) is 0 Å². The smallest absolute Gasteiger partial charge is 0.166 e. The van der Waals surface area contributed by atoms with E-state index < -0.39 is 4.46 Å². The Kier molecular flexibility index (Phi) is 10.1. The van der Waals surface area contributed by atoms with Crippen LogP contribution in [-0.2, 0) is 0 Å². The summed E-state index contributed by atoms with van der Waals surface area (Å²) < 4.78 is -1.01. The first-order valence-corrected chi connectivity index (χ1v) is 6.98. The molecule has 0 saturated carbocycles. The van der Waals surface area contributed by atoms with Gasteiger partial charge in [0.25, 0.3) is 0 Å².